The minimum absolute atomic E-state index is 0.133. The maximum absolute atomic E-state index is 14.0. The number of allylic oxidation sites excluding steroid dienone is 1. The van der Waals surface area contributed by atoms with Gasteiger partial charge in [0, 0.05) is 53.8 Å². The molecule has 0 aromatic heterocycles. The number of benzene rings is 3. The van der Waals surface area contributed by atoms with Crippen LogP contribution in [0.3, 0.4) is 0 Å². The predicted octanol–water partition coefficient (Wildman–Crippen LogP) is 4.58. The van der Waals surface area contributed by atoms with Crippen LogP contribution in [0.5, 0.6) is 0 Å². The van der Waals surface area contributed by atoms with E-state index in [0.29, 0.717) is 28.3 Å². The third-order valence-corrected chi connectivity index (χ3v) is 6.26. The molecule has 0 saturated carbocycles. The first-order chi connectivity index (χ1) is 19.8. The summed E-state index contributed by atoms with van der Waals surface area (Å²) < 4.78 is 0. The second kappa shape index (κ2) is 13.2. The second-order valence-corrected chi connectivity index (χ2v) is 11.0. The van der Waals surface area contributed by atoms with Crippen LogP contribution in [0.1, 0.15) is 32.3 Å². The fourth-order valence-electron chi connectivity index (χ4n) is 4.25. The van der Waals surface area contributed by atoms with E-state index in [1.165, 1.54) is 0 Å². The molecule has 0 heterocycles. The molecule has 10 heteroatoms. The Hall–Kier alpha value is -5.48. The predicted molar refractivity (Wildman–Crippen MR) is 167 cm³/mol. The Morgan fingerprint density at radius 2 is 1.19 bits per heavy atom. The highest BCUT2D eigenvalue weighted by atomic mass is 16.2. The van der Waals surface area contributed by atoms with Crippen molar-refractivity contribution in [1.82, 2.24) is 5.32 Å². The molecule has 0 aliphatic rings. The van der Waals surface area contributed by atoms with E-state index in [1.54, 1.807) is 60.7 Å². The zero-order chi connectivity index (χ0) is 31.0. The number of hydrogen-bond acceptors (Lipinski definition) is 8. The number of nitrogens with zero attached hydrogens (tertiary/aromatic N) is 3. The van der Waals surface area contributed by atoms with Gasteiger partial charge in [0.25, 0.3) is 11.8 Å². The number of nitrogen functional groups attached to an aromatic ring is 2. The van der Waals surface area contributed by atoms with Crippen LogP contribution in [0.2, 0.25) is 0 Å². The smallest absolute Gasteiger partial charge is 0.263 e. The highest BCUT2D eigenvalue weighted by Crippen LogP contribution is 2.35. The minimum atomic E-state index is -1.23. The molecule has 1 unspecified atom stereocenters. The Kier molecular flexibility index (Phi) is 9.80. The summed E-state index contributed by atoms with van der Waals surface area (Å²) in [5, 5.41) is 29.0. The number of nitrogens with one attached hydrogen (secondary N) is 3. The summed E-state index contributed by atoms with van der Waals surface area (Å²) in [6, 6.07) is 24.4. The molecule has 0 radical (unpaired) electrons. The van der Waals surface area contributed by atoms with Crippen LogP contribution in [0.15, 0.2) is 84.1 Å². The van der Waals surface area contributed by atoms with Crippen molar-refractivity contribution in [2.75, 3.05) is 41.1 Å². The summed E-state index contributed by atoms with van der Waals surface area (Å²) in [5.74, 6) is -3.67. The van der Waals surface area contributed by atoms with Crippen molar-refractivity contribution in [3.63, 3.8) is 0 Å². The highest BCUT2D eigenvalue weighted by Gasteiger charge is 2.36. The van der Waals surface area contributed by atoms with Crippen LogP contribution in [0.25, 0.3) is 0 Å². The number of rotatable bonds is 9. The lowest BCUT2D eigenvalue weighted by molar-refractivity contribution is -0.118. The van der Waals surface area contributed by atoms with Crippen LogP contribution in [-0.2, 0) is 9.59 Å². The van der Waals surface area contributed by atoms with E-state index in [0.717, 1.165) is 5.69 Å². The standard InChI is InChI=1S/C32H36N8O2/c1-32(2,3)39-29(27(21(18-33)19-34)20-6-16-26(17-7-20)40(4)5)28(30(41)37-24-12-8-22(35)9-13-24)31(42)38-25-14-10-23(36)11-15-25/h6-17,21,27,39H,35-36H2,1-5H3,(H,37,41)(H,38,42). The summed E-state index contributed by atoms with van der Waals surface area (Å²) in [5.41, 5.74) is 14.1. The van der Waals surface area contributed by atoms with E-state index in [9.17, 15) is 20.1 Å². The summed E-state index contributed by atoms with van der Waals surface area (Å²) in [6.45, 7) is 5.58. The Bertz CT molecular complexity index is 1450. The monoisotopic (exact) mass is 564 g/mol. The average molecular weight is 565 g/mol. The van der Waals surface area contributed by atoms with Crippen LogP contribution in [-0.4, -0.2) is 31.4 Å². The van der Waals surface area contributed by atoms with E-state index in [1.807, 2.05) is 51.9 Å². The number of nitriles is 2. The summed E-state index contributed by atoms with van der Waals surface area (Å²) in [6.07, 6.45) is 0. The molecular formula is C32H36N8O2. The van der Waals surface area contributed by atoms with Gasteiger partial charge in [-0.25, -0.2) is 0 Å². The van der Waals surface area contributed by atoms with Gasteiger partial charge in [-0.15, -0.1) is 0 Å². The van der Waals surface area contributed by atoms with Crippen LogP contribution < -0.4 is 32.3 Å². The van der Waals surface area contributed by atoms with Crippen LogP contribution in [0.4, 0.5) is 28.4 Å². The lowest BCUT2D eigenvalue weighted by Crippen LogP contribution is -2.42. The van der Waals surface area contributed by atoms with Crippen LogP contribution >= 0.6 is 0 Å². The average Bonchev–Trinajstić information content (AvgIpc) is 2.93. The number of nitrogens with two attached hydrogens (primary N) is 2. The second-order valence-electron chi connectivity index (χ2n) is 11.0. The van der Waals surface area contributed by atoms with Crippen molar-refractivity contribution >= 4 is 40.3 Å². The highest BCUT2D eigenvalue weighted by molar-refractivity contribution is 6.26. The Morgan fingerprint density at radius 1 is 0.762 bits per heavy atom. The zero-order valence-corrected chi connectivity index (χ0v) is 24.4. The largest absolute Gasteiger partial charge is 0.399 e. The molecule has 3 aromatic carbocycles. The molecule has 42 heavy (non-hydrogen) atoms. The van der Waals surface area contributed by atoms with Crippen molar-refractivity contribution in [1.29, 1.82) is 10.5 Å². The number of amides is 2. The van der Waals surface area contributed by atoms with Gasteiger partial charge in [-0.05, 0) is 87.0 Å². The van der Waals surface area contributed by atoms with Gasteiger partial charge in [0.2, 0.25) is 0 Å². The molecule has 216 valence electrons. The molecule has 0 aliphatic heterocycles. The molecule has 3 rings (SSSR count). The molecule has 2 amide bonds. The van der Waals surface area contributed by atoms with Gasteiger partial charge < -0.3 is 32.3 Å². The van der Waals surface area contributed by atoms with Crippen molar-refractivity contribution in [3.05, 3.63) is 89.6 Å². The van der Waals surface area contributed by atoms with E-state index in [4.69, 9.17) is 11.5 Å². The Labute approximate surface area is 246 Å². The molecule has 0 fully saturated rings. The van der Waals surface area contributed by atoms with Gasteiger partial charge in [0.1, 0.15) is 11.5 Å². The summed E-state index contributed by atoms with van der Waals surface area (Å²) in [4.78, 5) is 29.9. The molecular weight excluding hydrogens is 528 g/mol. The first-order valence-electron chi connectivity index (χ1n) is 13.3. The van der Waals surface area contributed by atoms with E-state index in [2.05, 4.69) is 28.1 Å². The van der Waals surface area contributed by atoms with Gasteiger partial charge in [0.05, 0.1) is 18.1 Å². The number of carbonyl (C=O) groups is 2. The molecule has 0 bridgehead atoms. The van der Waals surface area contributed by atoms with Crippen LogP contribution in [0, 0.1) is 28.6 Å². The quantitative estimate of drug-likeness (QED) is 0.109. The normalized spacial score (nSPS) is 11.4. The minimum Gasteiger partial charge on any atom is -0.399 e. The Balaban J connectivity index is 2.30. The lowest BCUT2D eigenvalue weighted by Gasteiger charge is -2.32. The third-order valence-electron chi connectivity index (χ3n) is 6.26. The van der Waals surface area contributed by atoms with E-state index >= 15 is 0 Å². The van der Waals surface area contributed by atoms with Gasteiger partial charge in [-0.1, -0.05) is 12.1 Å². The topological polar surface area (TPSA) is 173 Å². The SMILES string of the molecule is CN(C)c1ccc(C(C(NC(C)(C)C)=C(C(=O)Nc2ccc(N)cc2)C(=O)Nc2ccc(N)cc2)C(C#N)C#N)cc1. The number of hydrogen-bond donors (Lipinski definition) is 5. The molecule has 0 spiro atoms. The van der Waals surface area contributed by atoms with Gasteiger partial charge in [0.15, 0.2) is 0 Å². The molecule has 10 nitrogen and oxygen atoms in total. The molecule has 1 atom stereocenters. The van der Waals surface area contributed by atoms with E-state index in [-0.39, 0.29) is 11.3 Å². The molecule has 7 N–H and O–H groups in total. The van der Waals surface area contributed by atoms with Gasteiger partial charge >= 0.3 is 0 Å². The zero-order valence-electron chi connectivity index (χ0n) is 24.4. The summed E-state index contributed by atoms with van der Waals surface area (Å²) >= 11 is 0. The van der Waals surface area contributed by atoms with Crippen molar-refractivity contribution in [3.8, 4) is 12.1 Å². The number of anilines is 5. The molecule has 0 aliphatic carbocycles. The van der Waals surface area contributed by atoms with Crippen molar-refractivity contribution < 1.29 is 9.59 Å². The Morgan fingerprint density at radius 3 is 1.55 bits per heavy atom. The first-order valence-corrected chi connectivity index (χ1v) is 13.3. The fourth-order valence-corrected chi connectivity index (χ4v) is 4.25. The fraction of sp³-hybridized carbons (Fsp3) is 0.250. The lowest BCUT2D eigenvalue weighted by atomic mass is 9.81. The van der Waals surface area contributed by atoms with Crippen molar-refractivity contribution in [2.24, 2.45) is 5.92 Å². The third kappa shape index (κ3) is 8.03. The number of carbonyl (C=O) groups excluding carboxylic acids is 2. The summed E-state index contributed by atoms with van der Waals surface area (Å²) in [7, 11) is 3.79. The van der Waals surface area contributed by atoms with Gasteiger partial charge in [-0.3, -0.25) is 9.59 Å². The van der Waals surface area contributed by atoms with Crippen molar-refractivity contribution in [2.45, 2.75) is 32.2 Å². The maximum Gasteiger partial charge on any atom is 0.263 e. The molecule has 3 aromatic rings. The van der Waals surface area contributed by atoms with Gasteiger partial charge in [-0.2, -0.15) is 10.5 Å². The molecule has 0 saturated heterocycles. The first kappa shape index (κ1) is 31.1. The van der Waals surface area contributed by atoms with E-state index < -0.39 is 29.2 Å². The maximum atomic E-state index is 14.0.